The minimum Gasteiger partial charge on any atom is -0.494 e. The minimum absolute atomic E-state index is 0.0192. The third-order valence-electron chi connectivity index (χ3n) is 7.81. The second kappa shape index (κ2) is 13.1. The van der Waals surface area contributed by atoms with E-state index in [1.54, 1.807) is 32.2 Å². The summed E-state index contributed by atoms with van der Waals surface area (Å²) in [6.45, 7) is 7.56. The Bertz CT molecular complexity index is 1460. The maximum Gasteiger partial charge on any atom is 0.264 e. The van der Waals surface area contributed by atoms with Crippen molar-refractivity contribution < 1.29 is 23.9 Å². The number of para-hydroxylation sites is 2. The second-order valence-electron chi connectivity index (χ2n) is 10.6. The molecule has 3 amide bonds. The SMILES string of the molecule is CCOc1ccccc1CN1CCCN(C(C)=O)c2ccccc2CN(C(=O)c2ccc3c(c2)N(C)C(=O)CO3)CC1. The number of fused-ring (bicyclic) bond motifs is 2. The molecule has 9 nitrogen and oxygen atoms in total. The highest BCUT2D eigenvalue weighted by Gasteiger charge is 2.27. The van der Waals surface area contributed by atoms with Crippen molar-refractivity contribution in [2.24, 2.45) is 0 Å². The second-order valence-corrected chi connectivity index (χ2v) is 10.6. The number of benzene rings is 3. The van der Waals surface area contributed by atoms with Crippen molar-refractivity contribution in [2.45, 2.75) is 33.4 Å². The number of anilines is 2. The van der Waals surface area contributed by atoms with Gasteiger partial charge in [0.1, 0.15) is 11.5 Å². The molecule has 0 atom stereocenters. The van der Waals surface area contributed by atoms with Crippen LogP contribution in [0.3, 0.4) is 0 Å². The smallest absolute Gasteiger partial charge is 0.264 e. The first-order chi connectivity index (χ1) is 20.4. The zero-order valence-corrected chi connectivity index (χ0v) is 24.5. The van der Waals surface area contributed by atoms with Gasteiger partial charge in [-0.25, -0.2) is 0 Å². The number of hydrogen-bond donors (Lipinski definition) is 0. The van der Waals surface area contributed by atoms with Gasteiger partial charge in [-0.05, 0) is 49.2 Å². The highest BCUT2D eigenvalue weighted by atomic mass is 16.5. The average molecular weight is 571 g/mol. The topological polar surface area (TPSA) is 82.6 Å². The first-order valence-electron chi connectivity index (χ1n) is 14.5. The van der Waals surface area contributed by atoms with Crippen LogP contribution in [0.1, 0.15) is 41.8 Å². The van der Waals surface area contributed by atoms with E-state index in [4.69, 9.17) is 9.47 Å². The lowest BCUT2D eigenvalue weighted by atomic mass is 10.1. The van der Waals surface area contributed by atoms with Crippen molar-refractivity contribution in [3.8, 4) is 11.5 Å². The lowest BCUT2D eigenvalue weighted by molar-refractivity contribution is -0.121. The molecule has 0 N–H and O–H groups in total. The van der Waals surface area contributed by atoms with Crippen molar-refractivity contribution in [2.75, 3.05) is 56.2 Å². The lowest BCUT2D eigenvalue weighted by Crippen LogP contribution is -2.39. The van der Waals surface area contributed by atoms with Crippen LogP contribution < -0.4 is 19.3 Å². The van der Waals surface area contributed by atoms with Gasteiger partial charge in [-0.1, -0.05) is 36.4 Å². The van der Waals surface area contributed by atoms with Gasteiger partial charge >= 0.3 is 0 Å². The van der Waals surface area contributed by atoms with E-state index in [1.165, 1.54) is 4.90 Å². The molecule has 0 fully saturated rings. The number of carbonyl (C=O) groups is 3. The van der Waals surface area contributed by atoms with Crippen LogP contribution in [0.15, 0.2) is 66.7 Å². The molecule has 3 aromatic rings. The Labute approximate surface area is 247 Å². The first-order valence-corrected chi connectivity index (χ1v) is 14.5. The molecule has 0 saturated carbocycles. The van der Waals surface area contributed by atoms with Crippen molar-refractivity contribution in [3.05, 3.63) is 83.4 Å². The summed E-state index contributed by atoms with van der Waals surface area (Å²) in [5, 5.41) is 0. The van der Waals surface area contributed by atoms with Crippen molar-refractivity contribution in [3.63, 3.8) is 0 Å². The largest absolute Gasteiger partial charge is 0.494 e. The molecule has 3 aromatic carbocycles. The molecular weight excluding hydrogens is 532 g/mol. The van der Waals surface area contributed by atoms with Crippen LogP contribution in [0, 0.1) is 0 Å². The number of likely N-dealkylation sites (N-methyl/N-ethyl adjacent to an activating group) is 1. The average Bonchev–Trinajstić information content (AvgIpc) is 3.03. The summed E-state index contributed by atoms with van der Waals surface area (Å²) in [7, 11) is 1.69. The molecule has 0 aliphatic carbocycles. The standard InChI is InChI=1S/C33H38N4O5/c1-4-41-30-13-8-6-11-27(30)21-35-16-9-17-37(24(2)38)28-12-7-5-10-26(28)22-36(19-18-35)33(40)25-14-15-31-29(20-25)34(3)32(39)23-42-31/h5-8,10-15,20H,4,9,16-19,21-23H2,1-3H3. The van der Waals surface area contributed by atoms with E-state index in [0.29, 0.717) is 56.3 Å². The van der Waals surface area contributed by atoms with Crippen LogP contribution in [-0.2, 0) is 22.7 Å². The monoisotopic (exact) mass is 570 g/mol. The molecule has 2 heterocycles. The van der Waals surface area contributed by atoms with E-state index in [1.807, 2.05) is 59.2 Å². The summed E-state index contributed by atoms with van der Waals surface area (Å²) in [5.41, 5.74) is 3.86. The predicted molar refractivity (Wildman–Crippen MR) is 162 cm³/mol. The Balaban J connectivity index is 1.48. The van der Waals surface area contributed by atoms with Crippen LogP contribution in [-0.4, -0.2) is 74.0 Å². The van der Waals surface area contributed by atoms with Gasteiger partial charge in [-0.2, -0.15) is 0 Å². The van der Waals surface area contributed by atoms with E-state index in [0.717, 1.165) is 35.5 Å². The van der Waals surface area contributed by atoms with Gasteiger partial charge in [-0.3, -0.25) is 19.3 Å². The lowest BCUT2D eigenvalue weighted by Gasteiger charge is -2.30. The number of amides is 3. The van der Waals surface area contributed by atoms with Gasteiger partial charge in [0.25, 0.3) is 11.8 Å². The number of nitrogens with zero attached hydrogens (tertiary/aromatic N) is 4. The van der Waals surface area contributed by atoms with E-state index < -0.39 is 0 Å². The molecule has 2 aliphatic heterocycles. The highest BCUT2D eigenvalue weighted by molar-refractivity contribution is 6.01. The third-order valence-corrected chi connectivity index (χ3v) is 7.81. The van der Waals surface area contributed by atoms with Crippen LogP contribution in [0.2, 0.25) is 0 Å². The fourth-order valence-electron chi connectivity index (χ4n) is 5.56. The van der Waals surface area contributed by atoms with Crippen LogP contribution >= 0.6 is 0 Å². The summed E-state index contributed by atoms with van der Waals surface area (Å²) in [6.07, 6.45) is 0.782. The number of rotatable bonds is 5. The molecular formula is C33H38N4O5. The summed E-state index contributed by atoms with van der Waals surface area (Å²) < 4.78 is 11.5. The van der Waals surface area contributed by atoms with E-state index >= 15 is 0 Å². The van der Waals surface area contributed by atoms with Crippen molar-refractivity contribution >= 4 is 29.1 Å². The quantitative estimate of drug-likeness (QED) is 0.454. The zero-order chi connectivity index (χ0) is 29.6. The van der Waals surface area contributed by atoms with Crippen LogP contribution in [0.4, 0.5) is 11.4 Å². The van der Waals surface area contributed by atoms with Gasteiger partial charge in [-0.15, -0.1) is 0 Å². The van der Waals surface area contributed by atoms with E-state index in [2.05, 4.69) is 11.0 Å². The molecule has 9 heteroatoms. The Kier molecular flexibility index (Phi) is 9.07. The molecule has 2 aliphatic rings. The highest BCUT2D eigenvalue weighted by Crippen LogP contribution is 2.33. The van der Waals surface area contributed by atoms with E-state index in [-0.39, 0.29) is 24.3 Å². The molecule has 0 radical (unpaired) electrons. The van der Waals surface area contributed by atoms with Crippen LogP contribution in [0.5, 0.6) is 11.5 Å². The molecule has 0 spiro atoms. The molecule has 0 aromatic heterocycles. The molecule has 0 bridgehead atoms. The third kappa shape index (κ3) is 6.41. The van der Waals surface area contributed by atoms with Crippen molar-refractivity contribution in [1.82, 2.24) is 9.80 Å². The normalized spacial score (nSPS) is 16.2. The molecule has 0 unspecified atom stereocenters. The number of hydrogen-bond acceptors (Lipinski definition) is 6. The maximum atomic E-state index is 14.1. The molecule has 0 saturated heterocycles. The summed E-state index contributed by atoms with van der Waals surface area (Å²) in [6, 6.07) is 21.1. The minimum atomic E-state index is -0.163. The number of carbonyl (C=O) groups excluding carboxylic acids is 3. The van der Waals surface area contributed by atoms with Gasteiger partial charge in [0.05, 0.1) is 12.3 Å². The number of ether oxygens (including phenoxy) is 2. The Morgan fingerprint density at radius 2 is 1.71 bits per heavy atom. The predicted octanol–water partition coefficient (Wildman–Crippen LogP) is 4.34. The van der Waals surface area contributed by atoms with Gasteiger partial charge in [0, 0.05) is 70.1 Å². The van der Waals surface area contributed by atoms with Crippen molar-refractivity contribution in [1.29, 1.82) is 0 Å². The fraction of sp³-hybridized carbons (Fsp3) is 0.364. The summed E-state index contributed by atoms with van der Waals surface area (Å²) in [4.78, 5) is 46.7. The molecule has 42 heavy (non-hydrogen) atoms. The summed E-state index contributed by atoms with van der Waals surface area (Å²) >= 11 is 0. The fourth-order valence-corrected chi connectivity index (χ4v) is 5.56. The Morgan fingerprint density at radius 1 is 0.929 bits per heavy atom. The molecule has 5 rings (SSSR count). The zero-order valence-electron chi connectivity index (χ0n) is 24.5. The van der Waals surface area contributed by atoms with Gasteiger partial charge < -0.3 is 24.2 Å². The van der Waals surface area contributed by atoms with Crippen LogP contribution in [0.25, 0.3) is 0 Å². The van der Waals surface area contributed by atoms with E-state index in [9.17, 15) is 14.4 Å². The molecule has 220 valence electrons. The first kappa shape index (κ1) is 29.1. The van der Waals surface area contributed by atoms with Gasteiger partial charge in [0.15, 0.2) is 6.61 Å². The Hall–Kier alpha value is -4.37. The van der Waals surface area contributed by atoms with Gasteiger partial charge in [0.2, 0.25) is 5.91 Å². The maximum absolute atomic E-state index is 14.1. The Morgan fingerprint density at radius 3 is 2.52 bits per heavy atom. The summed E-state index contributed by atoms with van der Waals surface area (Å²) in [5.74, 6) is 1.09.